The number of ether oxygens (including phenoxy) is 1. The van der Waals surface area contributed by atoms with Crippen LogP contribution in [-0.2, 0) is 4.74 Å². The maximum atomic E-state index is 5.52. The Kier molecular flexibility index (Phi) is 13.4. The van der Waals surface area contributed by atoms with Crippen molar-refractivity contribution in [3.05, 3.63) is 66.7 Å². The summed E-state index contributed by atoms with van der Waals surface area (Å²) in [6.07, 6.45) is 15.6. The van der Waals surface area contributed by atoms with Crippen LogP contribution in [-0.4, -0.2) is 13.3 Å². The van der Waals surface area contributed by atoms with Crippen LogP contribution in [0.25, 0.3) is 0 Å². The highest BCUT2D eigenvalue weighted by Crippen LogP contribution is 2.09. The summed E-state index contributed by atoms with van der Waals surface area (Å²) in [6, 6.07) is 0. The largest absolute Gasteiger partial charge is 0.486 e. The number of nitrogens with one attached hydrogen (secondary N) is 1. The molecule has 0 spiro atoms. The van der Waals surface area contributed by atoms with Crippen LogP contribution in [0, 0.1) is 0 Å². The van der Waals surface area contributed by atoms with Gasteiger partial charge in [-0.15, -0.1) is 12.3 Å². The van der Waals surface area contributed by atoms with Gasteiger partial charge in [0.05, 0.1) is 6.26 Å². The van der Waals surface area contributed by atoms with Crippen LogP contribution in [0.1, 0.15) is 39.5 Å². The lowest BCUT2D eigenvalue weighted by Gasteiger charge is -2.06. The second-order valence-electron chi connectivity index (χ2n) is 4.63. The van der Waals surface area contributed by atoms with Gasteiger partial charge in [0.15, 0.2) is 0 Å². The molecule has 0 aromatic carbocycles. The second kappa shape index (κ2) is 14.6. The van der Waals surface area contributed by atoms with Gasteiger partial charge in [-0.3, -0.25) is 5.32 Å². The van der Waals surface area contributed by atoms with Gasteiger partial charge < -0.3 is 4.74 Å². The molecule has 0 saturated heterocycles. The third-order valence-corrected chi connectivity index (χ3v) is 2.71. The van der Waals surface area contributed by atoms with E-state index in [-0.39, 0.29) is 0 Å². The molecular formula is C19H29NO. The lowest BCUT2D eigenvalue weighted by atomic mass is 10.1. The molecule has 0 rings (SSSR count). The van der Waals surface area contributed by atoms with Crippen molar-refractivity contribution in [1.29, 1.82) is 0 Å². The summed E-state index contributed by atoms with van der Waals surface area (Å²) in [7, 11) is 0. The molecule has 1 N–H and O–H groups in total. The van der Waals surface area contributed by atoms with E-state index >= 15 is 0 Å². The molecule has 116 valence electrons. The molecule has 0 aromatic heterocycles. The summed E-state index contributed by atoms with van der Waals surface area (Å²) in [6.45, 7) is 13.0. The lowest BCUT2D eigenvalue weighted by Crippen LogP contribution is -2.18. The van der Waals surface area contributed by atoms with Crippen LogP contribution in [0.5, 0.6) is 0 Å². The van der Waals surface area contributed by atoms with Gasteiger partial charge >= 0.3 is 0 Å². The molecule has 0 aromatic rings. The highest BCUT2D eigenvalue weighted by molar-refractivity contribution is 5.19. The number of hydrogen-bond donors (Lipinski definition) is 1. The van der Waals surface area contributed by atoms with E-state index in [4.69, 9.17) is 4.74 Å². The predicted octanol–water partition coefficient (Wildman–Crippen LogP) is 5.04. The van der Waals surface area contributed by atoms with Crippen molar-refractivity contribution in [3.63, 3.8) is 0 Å². The van der Waals surface area contributed by atoms with E-state index in [1.165, 1.54) is 5.57 Å². The highest BCUT2D eigenvalue weighted by Gasteiger charge is 1.94. The average molecular weight is 287 g/mol. The number of hydrogen-bond acceptors (Lipinski definition) is 2. The summed E-state index contributed by atoms with van der Waals surface area (Å²) in [5.41, 5.74) is 5.48. The van der Waals surface area contributed by atoms with E-state index < -0.39 is 0 Å². The lowest BCUT2D eigenvalue weighted by molar-refractivity contribution is 0.222. The second-order valence-corrected chi connectivity index (χ2v) is 4.63. The highest BCUT2D eigenvalue weighted by atomic mass is 16.5. The van der Waals surface area contributed by atoms with Crippen molar-refractivity contribution in [2.75, 3.05) is 13.3 Å². The van der Waals surface area contributed by atoms with E-state index in [0.29, 0.717) is 13.3 Å². The van der Waals surface area contributed by atoms with Crippen molar-refractivity contribution in [1.82, 2.24) is 5.32 Å². The molecule has 0 atom stereocenters. The smallest absolute Gasteiger partial charge is 0.138 e. The SMILES string of the molecule is C=CC/C(=C/OCNCC(=C=C/C=C\CC)C=C)CCC. The molecule has 0 fully saturated rings. The van der Waals surface area contributed by atoms with Gasteiger partial charge in [-0.05, 0) is 30.9 Å². The van der Waals surface area contributed by atoms with Gasteiger partial charge in [0.1, 0.15) is 6.73 Å². The van der Waals surface area contributed by atoms with Gasteiger partial charge in [-0.25, -0.2) is 0 Å². The summed E-state index contributed by atoms with van der Waals surface area (Å²) < 4.78 is 5.52. The Hall–Kier alpha value is -1.76. The van der Waals surface area contributed by atoms with Crippen LogP contribution in [0.15, 0.2) is 66.7 Å². The van der Waals surface area contributed by atoms with Gasteiger partial charge in [0.25, 0.3) is 0 Å². The standard InChI is InChI=1S/C19H29NO/c1-5-9-10-11-14-18(8-4)15-20-17-21-16-19(12-6-2)13-7-3/h6,8-11,16,20H,2,4-5,7,12-13,15,17H2,1,3H3/b10-9-,19-16-. The number of allylic oxidation sites excluding steroid dienone is 4. The molecule has 0 unspecified atom stereocenters. The van der Waals surface area contributed by atoms with Gasteiger partial charge in [-0.1, -0.05) is 51.2 Å². The molecule has 2 nitrogen and oxygen atoms in total. The first-order chi connectivity index (χ1) is 10.3. The fourth-order valence-corrected chi connectivity index (χ4v) is 1.66. The first-order valence-electron chi connectivity index (χ1n) is 7.62. The molecule has 0 aliphatic rings. The molecule has 0 saturated carbocycles. The Morgan fingerprint density at radius 2 is 2.10 bits per heavy atom. The van der Waals surface area contributed by atoms with Gasteiger partial charge in [0, 0.05) is 12.1 Å². The van der Waals surface area contributed by atoms with E-state index in [1.54, 1.807) is 6.08 Å². The van der Waals surface area contributed by atoms with E-state index in [0.717, 1.165) is 31.3 Å². The minimum Gasteiger partial charge on any atom is -0.486 e. The summed E-state index contributed by atoms with van der Waals surface area (Å²) >= 11 is 0. The predicted molar refractivity (Wildman–Crippen MR) is 93.0 cm³/mol. The fraction of sp³-hybridized carbons (Fsp3) is 0.421. The summed E-state index contributed by atoms with van der Waals surface area (Å²) in [4.78, 5) is 0. The molecule has 0 amide bonds. The van der Waals surface area contributed by atoms with Crippen LogP contribution in [0.2, 0.25) is 0 Å². The maximum absolute atomic E-state index is 5.52. The number of rotatable bonds is 12. The van der Waals surface area contributed by atoms with Crippen molar-refractivity contribution in [3.8, 4) is 0 Å². The van der Waals surface area contributed by atoms with Crippen molar-refractivity contribution < 1.29 is 4.74 Å². The van der Waals surface area contributed by atoms with Crippen LogP contribution < -0.4 is 5.32 Å². The Balaban J connectivity index is 4.14. The zero-order chi connectivity index (χ0) is 15.8. The Labute approximate surface area is 130 Å². The fourth-order valence-electron chi connectivity index (χ4n) is 1.66. The minimum absolute atomic E-state index is 0.480. The molecular weight excluding hydrogens is 258 g/mol. The first kappa shape index (κ1) is 19.2. The van der Waals surface area contributed by atoms with Crippen LogP contribution >= 0.6 is 0 Å². The Morgan fingerprint density at radius 3 is 2.71 bits per heavy atom. The molecule has 0 heterocycles. The summed E-state index contributed by atoms with van der Waals surface area (Å²) in [5.74, 6) is 0. The maximum Gasteiger partial charge on any atom is 0.138 e. The van der Waals surface area contributed by atoms with Crippen molar-refractivity contribution in [2.24, 2.45) is 0 Å². The van der Waals surface area contributed by atoms with Crippen LogP contribution in [0.4, 0.5) is 0 Å². The third-order valence-electron chi connectivity index (χ3n) is 2.71. The minimum atomic E-state index is 0.480. The average Bonchev–Trinajstić information content (AvgIpc) is 2.49. The Morgan fingerprint density at radius 1 is 1.29 bits per heavy atom. The zero-order valence-corrected chi connectivity index (χ0v) is 13.5. The van der Waals surface area contributed by atoms with E-state index in [2.05, 4.69) is 44.1 Å². The molecule has 0 bridgehead atoms. The first-order valence-corrected chi connectivity index (χ1v) is 7.62. The van der Waals surface area contributed by atoms with Crippen molar-refractivity contribution in [2.45, 2.75) is 39.5 Å². The Bertz CT molecular complexity index is 409. The summed E-state index contributed by atoms with van der Waals surface area (Å²) in [5, 5.41) is 3.21. The van der Waals surface area contributed by atoms with Crippen LogP contribution in [0.3, 0.4) is 0 Å². The van der Waals surface area contributed by atoms with Gasteiger partial charge in [0.2, 0.25) is 0 Å². The van der Waals surface area contributed by atoms with Crippen molar-refractivity contribution >= 4 is 0 Å². The van der Waals surface area contributed by atoms with E-state index in [9.17, 15) is 0 Å². The molecule has 21 heavy (non-hydrogen) atoms. The quantitative estimate of drug-likeness (QED) is 0.135. The molecule has 0 aliphatic carbocycles. The van der Waals surface area contributed by atoms with E-state index in [1.807, 2.05) is 24.5 Å². The normalized spacial score (nSPS) is 11.0. The zero-order valence-electron chi connectivity index (χ0n) is 13.5. The topological polar surface area (TPSA) is 21.3 Å². The molecule has 2 heteroatoms. The monoisotopic (exact) mass is 287 g/mol. The van der Waals surface area contributed by atoms with Gasteiger partial charge in [-0.2, -0.15) is 0 Å². The molecule has 0 aliphatic heterocycles. The molecule has 0 radical (unpaired) electrons. The third kappa shape index (κ3) is 11.7.